The van der Waals surface area contributed by atoms with Crippen LogP contribution in [0.15, 0.2) is 65.8 Å². The molecule has 156 valence electrons. The summed E-state index contributed by atoms with van der Waals surface area (Å²) < 4.78 is 38.4. The molecule has 2 aromatic heterocycles. The zero-order chi connectivity index (χ0) is 22.0. The van der Waals surface area contributed by atoms with Gasteiger partial charge in [0.1, 0.15) is 0 Å². The number of benzene rings is 2. The van der Waals surface area contributed by atoms with E-state index in [1.165, 1.54) is 12.1 Å². The molecule has 2 amide bonds. The lowest BCUT2D eigenvalue weighted by atomic mass is 10.0. The first-order chi connectivity index (χ1) is 14.8. The number of carbonyl (C=O) groups excluding carboxylic acids is 1. The Bertz CT molecular complexity index is 1260. The molecule has 31 heavy (non-hydrogen) atoms. The summed E-state index contributed by atoms with van der Waals surface area (Å²) in [4.78, 5) is 20.3. The standard InChI is InChI=1S/C21H15F3N6O/c1-25-18-17-16(9-10-26-19(17)30-29-18)12-5-7-14(8-6-12)27-20(31)28-15-4-2-3-13(11-15)21(22,23)24/h2-11H,1H2,(H,26,29,30)(H2,27,28,31). The Morgan fingerprint density at radius 1 is 1.03 bits per heavy atom. The van der Waals surface area contributed by atoms with Crippen LogP contribution in [0.4, 0.5) is 35.2 Å². The van der Waals surface area contributed by atoms with E-state index in [-0.39, 0.29) is 5.69 Å². The molecular weight excluding hydrogens is 409 g/mol. The zero-order valence-electron chi connectivity index (χ0n) is 15.9. The number of rotatable bonds is 4. The smallest absolute Gasteiger partial charge is 0.308 e. The van der Waals surface area contributed by atoms with E-state index in [9.17, 15) is 18.0 Å². The summed E-state index contributed by atoms with van der Waals surface area (Å²) in [6, 6.07) is 12.5. The third-order valence-electron chi connectivity index (χ3n) is 4.49. The molecule has 0 saturated heterocycles. The van der Waals surface area contributed by atoms with Crippen molar-refractivity contribution in [3.8, 4) is 11.1 Å². The van der Waals surface area contributed by atoms with Crippen LogP contribution < -0.4 is 10.6 Å². The fourth-order valence-corrected chi connectivity index (χ4v) is 3.09. The largest absolute Gasteiger partial charge is 0.416 e. The number of fused-ring (bicyclic) bond motifs is 1. The van der Waals surface area contributed by atoms with Gasteiger partial charge in [0.25, 0.3) is 0 Å². The second-order valence-electron chi connectivity index (χ2n) is 6.52. The molecule has 7 nitrogen and oxygen atoms in total. The van der Waals surface area contributed by atoms with Gasteiger partial charge in [-0.05, 0) is 54.2 Å². The number of hydrogen-bond acceptors (Lipinski definition) is 4. The van der Waals surface area contributed by atoms with E-state index in [2.05, 4.69) is 37.5 Å². The number of aliphatic imine (C=N–C) groups is 1. The maximum atomic E-state index is 12.8. The molecule has 0 aliphatic heterocycles. The van der Waals surface area contributed by atoms with Gasteiger partial charge in [0.2, 0.25) is 0 Å². The van der Waals surface area contributed by atoms with Crippen LogP contribution in [0, 0.1) is 0 Å². The third-order valence-corrected chi connectivity index (χ3v) is 4.49. The maximum Gasteiger partial charge on any atom is 0.416 e. The van der Waals surface area contributed by atoms with Gasteiger partial charge in [0, 0.05) is 17.6 Å². The number of nitrogens with zero attached hydrogens (tertiary/aromatic N) is 3. The number of urea groups is 1. The van der Waals surface area contributed by atoms with Gasteiger partial charge in [-0.2, -0.15) is 18.3 Å². The Kier molecular flexibility index (Phi) is 5.12. The van der Waals surface area contributed by atoms with E-state index in [1.54, 1.807) is 30.5 Å². The van der Waals surface area contributed by atoms with Gasteiger partial charge in [-0.25, -0.2) is 14.8 Å². The molecule has 0 aliphatic carbocycles. The van der Waals surface area contributed by atoms with Crippen LogP contribution in [0.3, 0.4) is 0 Å². The van der Waals surface area contributed by atoms with Gasteiger partial charge in [-0.15, -0.1) is 0 Å². The minimum atomic E-state index is -4.49. The topological polar surface area (TPSA) is 95.1 Å². The van der Waals surface area contributed by atoms with Crippen molar-refractivity contribution in [2.45, 2.75) is 6.18 Å². The van der Waals surface area contributed by atoms with E-state index >= 15 is 0 Å². The average Bonchev–Trinajstić information content (AvgIpc) is 3.17. The van der Waals surface area contributed by atoms with E-state index in [4.69, 9.17) is 0 Å². The van der Waals surface area contributed by atoms with Crippen LogP contribution in [0.25, 0.3) is 22.2 Å². The van der Waals surface area contributed by atoms with Crippen LogP contribution in [0.5, 0.6) is 0 Å². The lowest BCUT2D eigenvalue weighted by Gasteiger charge is -2.11. The molecule has 2 heterocycles. The number of amides is 2. The summed E-state index contributed by atoms with van der Waals surface area (Å²) in [5.41, 5.74) is 1.90. The molecule has 0 unspecified atom stereocenters. The quantitative estimate of drug-likeness (QED) is 0.371. The van der Waals surface area contributed by atoms with Crippen LogP contribution in [-0.2, 0) is 6.18 Å². The molecule has 4 rings (SSSR count). The minimum absolute atomic E-state index is 0.0348. The van der Waals surface area contributed by atoms with E-state index in [0.717, 1.165) is 28.6 Å². The molecule has 0 bridgehead atoms. The molecule has 4 aromatic rings. The van der Waals surface area contributed by atoms with Crippen LogP contribution in [0.2, 0.25) is 0 Å². The molecule has 3 N–H and O–H groups in total. The molecule has 10 heteroatoms. The predicted molar refractivity (Wildman–Crippen MR) is 113 cm³/mol. The Hall–Kier alpha value is -4.21. The second kappa shape index (κ2) is 7.90. The molecule has 0 atom stereocenters. The van der Waals surface area contributed by atoms with Gasteiger partial charge < -0.3 is 10.6 Å². The summed E-state index contributed by atoms with van der Waals surface area (Å²) in [6.45, 7) is 3.51. The number of nitrogens with one attached hydrogen (secondary N) is 3. The van der Waals surface area contributed by atoms with Crippen LogP contribution >= 0.6 is 0 Å². The number of hydrogen-bond donors (Lipinski definition) is 3. The number of carbonyl (C=O) groups is 1. The fraction of sp³-hybridized carbons (Fsp3) is 0.0476. The SMILES string of the molecule is C=Nc1n[nH]c2nccc(-c3ccc(NC(=O)Nc4cccc(C(F)(F)F)c4)cc3)c12. The van der Waals surface area contributed by atoms with Crippen molar-refractivity contribution in [2.75, 3.05) is 10.6 Å². The number of aromatic amines is 1. The Balaban J connectivity index is 1.50. The van der Waals surface area contributed by atoms with Crippen LogP contribution in [-0.4, -0.2) is 27.9 Å². The molecule has 0 aliphatic rings. The monoisotopic (exact) mass is 424 g/mol. The highest BCUT2D eigenvalue weighted by atomic mass is 19.4. The minimum Gasteiger partial charge on any atom is -0.308 e. The Morgan fingerprint density at radius 2 is 1.77 bits per heavy atom. The van der Waals surface area contributed by atoms with Crippen molar-refractivity contribution in [3.63, 3.8) is 0 Å². The first-order valence-electron chi connectivity index (χ1n) is 9.00. The zero-order valence-corrected chi connectivity index (χ0v) is 15.9. The molecule has 0 spiro atoms. The number of alkyl halides is 3. The normalized spacial score (nSPS) is 11.3. The van der Waals surface area contributed by atoms with Crippen molar-refractivity contribution >= 4 is 41.0 Å². The summed E-state index contributed by atoms with van der Waals surface area (Å²) in [7, 11) is 0. The summed E-state index contributed by atoms with van der Waals surface area (Å²) in [5.74, 6) is 0.431. The molecular formula is C21H15F3N6O. The van der Waals surface area contributed by atoms with Gasteiger partial charge in [-0.3, -0.25) is 5.10 Å². The maximum absolute atomic E-state index is 12.8. The van der Waals surface area contributed by atoms with Crippen molar-refractivity contribution < 1.29 is 18.0 Å². The van der Waals surface area contributed by atoms with Gasteiger partial charge in [-0.1, -0.05) is 18.2 Å². The second-order valence-corrected chi connectivity index (χ2v) is 6.52. The van der Waals surface area contributed by atoms with E-state index in [1.807, 2.05) is 6.07 Å². The molecule has 2 aromatic carbocycles. The average molecular weight is 424 g/mol. The highest BCUT2D eigenvalue weighted by Gasteiger charge is 2.30. The highest BCUT2D eigenvalue weighted by molar-refractivity contribution is 6.01. The summed E-state index contributed by atoms with van der Waals surface area (Å²) >= 11 is 0. The number of H-pyrrole nitrogens is 1. The van der Waals surface area contributed by atoms with Crippen molar-refractivity contribution in [2.24, 2.45) is 4.99 Å². The van der Waals surface area contributed by atoms with Gasteiger partial charge in [0.15, 0.2) is 11.5 Å². The first-order valence-corrected chi connectivity index (χ1v) is 9.00. The van der Waals surface area contributed by atoms with Crippen LogP contribution in [0.1, 0.15) is 5.56 Å². The van der Waals surface area contributed by atoms with Crippen molar-refractivity contribution in [3.05, 3.63) is 66.4 Å². The number of aromatic nitrogens is 3. The number of halogens is 3. The van der Waals surface area contributed by atoms with Gasteiger partial charge in [0.05, 0.1) is 10.9 Å². The summed E-state index contributed by atoms with van der Waals surface area (Å²) in [6.07, 6.45) is -2.85. The molecule has 0 fully saturated rings. The Morgan fingerprint density at radius 3 is 2.48 bits per heavy atom. The van der Waals surface area contributed by atoms with Gasteiger partial charge >= 0.3 is 12.2 Å². The number of pyridine rings is 1. The van der Waals surface area contributed by atoms with Crippen molar-refractivity contribution in [1.82, 2.24) is 15.2 Å². The van der Waals surface area contributed by atoms with E-state index < -0.39 is 17.8 Å². The number of anilines is 2. The summed E-state index contributed by atoms with van der Waals surface area (Å²) in [5, 5.41) is 12.6. The highest BCUT2D eigenvalue weighted by Crippen LogP contribution is 2.33. The van der Waals surface area contributed by atoms with Crippen molar-refractivity contribution in [1.29, 1.82) is 0 Å². The fourth-order valence-electron chi connectivity index (χ4n) is 3.09. The molecule has 0 saturated carbocycles. The van der Waals surface area contributed by atoms with E-state index in [0.29, 0.717) is 17.2 Å². The Labute approximate surface area is 174 Å². The first kappa shape index (κ1) is 20.1. The third kappa shape index (κ3) is 4.22. The molecule has 0 radical (unpaired) electrons. The lowest BCUT2D eigenvalue weighted by Crippen LogP contribution is -2.19. The predicted octanol–water partition coefficient (Wildman–Crippen LogP) is 5.62. The lowest BCUT2D eigenvalue weighted by molar-refractivity contribution is -0.137.